The molecule has 0 aromatic rings. The summed E-state index contributed by atoms with van der Waals surface area (Å²) in [6.07, 6.45) is 16.0. The van der Waals surface area contributed by atoms with E-state index >= 15 is 0 Å². The van der Waals surface area contributed by atoms with Crippen LogP contribution in [0, 0.1) is 11.8 Å². The number of thioether (sulfide) groups is 2. The molecule has 0 heterocycles. The zero-order chi connectivity index (χ0) is 21.3. The maximum absolute atomic E-state index is 12.3. The van der Waals surface area contributed by atoms with Crippen molar-refractivity contribution in [2.24, 2.45) is 11.8 Å². The van der Waals surface area contributed by atoms with Crippen LogP contribution in [0.2, 0.25) is 0 Å². The summed E-state index contributed by atoms with van der Waals surface area (Å²) in [4.78, 5) is 24.7. The highest BCUT2D eigenvalue weighted by Crippen LogP contribution is 2.49. The van der Waals surface area contributed by atoms with Crippen LogP contribution in [0.15, 0.2) is 0 Å². The summed E-state index contributed by atoms with van der Waals surface area (Å²) in [5.41, 5.74) is 0. The van der Waals surface area contributed by atoms with Gasteiger partial charge in [0.05, 0.1) is 4.08 Å². The Labute approximate surface area is 188 Å². The molecule has 2 rings (SSSR count). The normalized spacial score (nSPS) is 21.7. The van der Waals surface area contributed by atoms with Gasteiger partial charge in [-0.25, -0.2) is 0 Å². The van der Waals surface area contributed by atoms with Crippen molar-refractivity contribution in [2.75, 3.05) is 0 Å². The minimum Gasteiger partial charge on any atom is -0.300 e. The van der Waals surface area contributed by atoms with Crippen molar-refractivity contribution in [3.05, 3.63) is 0 Å². The second-order valence-electron chi connectivity index (χ2n) is 9.70. The highest BCUT2D eigenvalue weighted by molar-refractivity contribution is 8.18. The van der Waals surface area contributed by atoms with Gasteiger partial charge in [-0.2, -0.15) is 0 Å². The minimum atomic E-state index is 0.0479. The van der Waals surface area contributed by atoms with E-state index in [4.69, 9.17) is 0 Å². The molecule has 168 valence electrons. The Morgan fingerprint density at radius 3 is 1.38 bits per heavy atom. The van der Waals surface area contributed by atoms with E-state index in [1.807, 2.05) is 13.8 Å². The molecule has 0 aliphatic heterocycles. The molecule has 2 fully saturated rings. The van der Waals surface area contributed by atoms with Crippen LogP contribution in [0.4, 0.5) is 0 Å². The molecule has 0 aromatic carbocycles. The molecule has 2 atom stereocenters. The van der Waals surface area contributed by atoms with Crippen molar-refractivity contribution in [2.45, 2.75) is 132 Å². The number of ketones is 2. The molecule has 0 radical (unpaired) electrons. The summed E-state index contributed by atoms with van der Waals surface area (Å²) >= 11 is 4.11. The van der Waals surface area contributed by atoms with Crippen LogP contribution in [0.1, 0.15) is 118 Å². The number of rotatable bonds is 12. The van der Waals surface area contributed by atoms with Crippen molar-refractivity contribution in [1.82, 2.24) is 0 Å². The van der Waals surface area contributed by atoms with E-state index in [1.165, 1.54) is 64.2 Å². The monoisotopic (exact) mass is 440 g/mol. The van der Waals surface area contributed by atoms with Crippen LogP contribution in [0.3, 0.4) is 0 Å². The Morgan fingerprint density at radius 2 is 1.07 bits per heavy atom. The topological polar surface area (TPSA) is 34.1 Å². The Kier molecular flexibility index (Phi) is 11.2. The van der Waals surface area contributed by atoms with E-state index in [-0.39, 0.29) is 4.08 Å². The third-order valence-corrected chi connectivity index (χ3v) is 10.3. The summed E-state index contributed by atoms with van der Waals surface area (Å²) in [6.45, 7) is 8.70. The first-order valence-electron chi connectivity index (χ1n) is 12.2. The van der Waals surface area contributed by atoms with E-state index in [2.05, 4.69) is 37.4 Å². The largest absolute Gasteiger partial charge is 0.300 e. The van der Waals surface area contributed by atoms with E-state index in [1.54, 1.807) is 0 Å². The molecule has 0 aromatic heterocycles. The van der Waals surface area contributed by atoms with Gasteiger partial charge in [0, 0.05) is 36.2 Å². The van der Waals surface area contributed by atoms with Crippen molar-refractivity contribution in [3.63, 3.8) is 0 Å². The number of hydrogen-bond donors (Lipinski definition) is 0. The molecule has 2 saturated carbocycles. The molecule has 0 bridgehead atoms. The van der Waals surface area contributed by atoms with Gasteiger partial charge >= 0.3 is 0 Å². The zero-order valence-electron chi connectivity index (χ0n) is 19.3. The fourth-order valence-corrected chi connectivity index (χ4v) is 9.01. The van der Waals surface area contributed by atoms with Gasteiger partial charge in [0.1, 0.15) is 11.6 Å². The van der Waals surface area contributed by atoms with Crippen LogP contribution < -0.4 is 0 Å². The smallest absolute Gasteiger partial charge is 0.133 e. The molecule has 4 heteroatoms. The Balaban J connectivity index is 2.07. The molecule has 0 N–H and O–H groups in total. The lowest BCUT2D eigenvalue weighted by molar-refractivity contribution is -0.119. The van der Waals surface area contributed by atoms with Crippen LogP contribution in [-0.2, 0) is 9.59 Å². The average molecular weight is 441 g/mol. The van der Waals surface area contributed by atoms with Gasteiger partial charge in [-0.3, -0.25) is 9.59 Å². The lowest BCUT2D eigenvalue weighted by atomic mass is 9.85. The van der Waals surface area contributed by atoms with E-state index in [0.29, 0.717) is 46.7 Å². The molecule has 29 heavy (non-hydrogen) atoms. The molecule has 2 nitrogen and oxygen atoms in total. The first-order valence-corrected chi connectivity index (χ1v) is 14.0. The maximum atomic E-state index is 12.3. The average Bonchev–Trinajstić information content (AvgIpc) is 2.73. The molecule has 2 aliphatic carbocycles. The highest BCUT2D eigenvalue weighted by atomic mass is 32.2. The van der Waals surface area contributed by atoms with Crippen molar-refractivity contribution >= 4 is 35.1 Å². The van der Waals surface area contributed by atoms with Crippen LogP contribution in [0.5, 0.6) is 0 Å². The quantitative estimate of drug-likeness (QED) is 0.290. The third kappa shape index (κ3) is 8.97. The molecule has 2 aliphatic rings. The third-order valence-electron chi connectivity index (χ3n) is 6.87. The molecule has 0 saturated heterocycles. The van der Waals surface area contributed by atoms with Gasteiger partial charge in [0.25, 0.3) is 0 Å². The predicted octanol–water partition coefficient (Wildman–Crippen LogP) is 7.83. The Hall–Kier alpha value is 0.0400. The van der Waals surface area contributed by atoms with E-state index in [9.17, 15) is 9.59 Å². The summed E-state index contributed by atoms with van der Waals surface area (Å²) < 4.78 is 0.0479. The molecule has 0 spiro atoms. The highest BCUT2D eigenvalue weighted by Gasteiger charge is 2.36. The van der Waals surface area contributed by atoms with E-state index < -0.39 is 0 Å². The SMILES string of the molecule is CCC(=O)CC(SC(C)(C)SC(CC(=O)CC)C1CCCCC1)C1CCCCC1. The zero-order valence-corrected chi connectivity index (χ0v) is 21.0. The summed E-state index contributed by atoms with van der Waals surface area (Å²) in [5.74, 6) is 2.21. The van der Waals surface area contributed by atoms with Gasteiger partial charge in [0.15, 0.2) is 0 Å². The number of hydrogen-bond acceptors (Lipinski definition) is 4. The molecule has 0 amide bonds. The van der Waals surface area contributed by atoms with Crippen molar-refractivity contribution in [1.29, 1.82) is 0 Å². The summed E-state index contributed by atoms with van der Waals surface area (Å²) in [7, 11) is 0. The lowest BCUT2D eigenvalue weighted by Crippen LogP contribution is -2.31. The van der Waals surface area contributed by atoms with Crippen molar-refractivity contribution in [3.8, 4) is 0 Å². The fraction of sp³-hybridized carbons (Fsp3) is 0.920. The van der Waals surface area contributed by atoms with Crippen LogP contribution in [0.25, 0.3) is 0 Å². The minimum absolute atomic E-state index is 0.0479. The summed E-state index contributed by atoms with van der Waals surface area (Å²) in [5, 5.41) is 0.887. The van der Waals surface area contributed by atoms with Gasteiger partial charge in [0.2, 0.25) is 0 Å². The van der Waals surface area contributed by atoms with Crippen LogP contribution in [-0.4, -0.2) is 26.1 Å². The molecular formula is C25H44O2S2. The second-order valence-corrected chi connectivity index (χ2v) is 13.7. The number of Topliss-reactive ketones (excluding diaryl/α,β-unsaturated/α-hetero) is 2. The number of carbonyl (C=O) groups is 2. The summed E-state index contributed by atoms with van der Waals surface area (Å²) in [6, 6.07) is 0. The standard InChI is InChI=1S/C25H44O2S2/c1-5-21(26)17-23(19-13-9-7-10-14-19)28-25(3,4)29-24(18-22(27)6-2)20-15-11-8-12-16-20/h19-20,23-24H,5-18H2,1-4H3. The van der Waals surface area contributed by atoms with Gasteiger partial charge in [-0.15, -0.1) is 23.5 Å². The number of carbonyl (C=O) groups excluding carboxylic acids is 2. The van der Waals surface area contributed by atoms with E-state index in [0.717, 1.165) is 12.8 Å². The molecule has 2 unspecified atom stereocenters. The Morgan fingerprint density at radius 1 is 0.724 bits per heavy atom. The predicted molar refractivity (Wildman–Crippen MR) is 130 cm³/mol. The van der Waals surface area contributed by atoms with Crippen molar-refractivity contribution < 1.29 is 9.59 Å². The lowest BCUT2D eigenvalue weighted by Gasteiger charge is -2.39. The van der Waals surface area contributed by atoms with Gasteiger partial charge < -0.3 is 0 Å². The fourth-order valence-electron chi connectivity index (χ4n) is 5.12. The molecular weight excluding hydrogens is 396 g/mol. The van der Waals surface area contributed by atoms with Crippen LogP contribution >= 0.6 is 23.5 Å². The second kappa shape index (κ2) is 12.8. The van der Waals surface area contributed by atoms with Gasteiger partial charge in [-0.1, -0.05) is 52.4 Å². The first kappa shape index (κ1) is 25.3. The first-order chi connectivity index (χ1) is 13.8. The Bertz CT molecular complexity index is 461. The van der Waals surface area contributed by atoms with Gasteiger partial charge in [-0.05, 0) is 51.4 Å². The maximum Gasteiger partial charge on any atom is 0.133 e.